The molecule has 1 aliphatic heterocycles. The van der Waals surface area contributed by atoms with Crippen LogP contribution in [0.4, 0.5) is 0 Å². The lowest BCUT2D eigenvalue weighted by Gasteiger charge is -2.21. The van der Waals surface area contributed by atoms with Crippen molar-refractivity contribution < 1.29 is 4.79 Å². The second-order valence-electron chi connectivity index (χ2n) is 4.60. The first-order chi connectivity index (χ1) is 8.59. The molecule has 1 saturated heterocycles. The fraction of sp³-hybridized carbons (Fsp3) is 0.462. The molecule has 0 aliphatic carbocycles. The van der Waals surface area contributed by atoms with Crippen LogP contribution in [0.2, 0.25) is 10.0 Å². The molecule has 1 fully saturated rings. The monoisotopic (exact) mass is 286 g/mol. The number of halogens is 2. The molecule has 0 aromatic heterocycles. The normalized spacial score (nSPS) is 18.9. The Bertz CT molecular complexity index is 445. The van der Waals surface area contributed by atoms with Crippen LogP contribution in [0.5, 0.6) is 0 Å². The second-order valence-corrected chi connectivity index (χ2v) is 5.38. The minimum Gasteiger partial charge on any atom is -0.341 e. The van der Waals surface area contributed by atoms with Crippen molar-refractivity contribution in [1.82, 2.24) is 10.2 Å². The van der Waals surface area contributed by atoms with E-state index in [1.807, 2.05) is 12.1 Å². The predicted molar refractivity (Wildman–Crippen MR) is 73.9 cm³/mol. The maximum absolute atomic E-state index is 12.2. The van der Waals surface area contributed by atoms with Gasteiger partial charge in [-0.05, 0) is 24.6 Å². The van der Waals surface area contributed by atoms with Gasteiger partial charge in [-0.25, -0.2) is 0 Å². The van der Waals surface area contributed by atoms with Gasteiger partial charge in [-0.15, -0.1) is 0 Å². The molecule has 2 rings (SSSR count). The topological polar surface area (TPSA) is 32.3 Å². The molecule has 0 spiro atoms. The van der Waals surface area contributed by atoms with Gasteiger partial charge in [-0.2, -0.15) is 0 Å². The third kappa shape index (κ3) is 2.97. The first-order valence-corrected chi connectivity index (χ1v) is 6.73. The Morgan fingerprint density at radius 3 is 2.94 bits per heavy atom. The van der Waals surface area contributed by atoms with Gasteiger partial charge in [0.2, 0.25) is 5.91 Å². The highest BCUT2D eigenvalue weighted by Gasteiger charge is 2.25. The third-order valence-corrected chi connectivity index (χ3v) is 4.08. The molecule has 98 valence electrons. The number of amides is 1. The molecule has 1 amide bonds. The highest BCUT2D eigenvalue weighted by Crippen LogP contribution is 2.26. The van der Waals surface area contributed by atoms with Crippen molar-refractivity contribution in [1.29, 1.82) is 0 Å². The van der Waals surface area contributed by atoms with E-state index in [4.69, 9.17) is 23.2 Å². The van der Waals surface area contributed by atoms with E-state index in [-0.39, 0.29) is 11.8 Å². The van der Waals surface area contributed by atoms with Crippen molar-refractivity contribution >= 4 is 29.1 Å². The van der Waals surface area contributed by atoms with E-state index >= 15 is 0 Å². The molecule has 1 aromatic carbocycles. The molecule has 5 heteroatoms. The standard InChI is InChI=1S/C13H16Cl2N2O/c1-17(13(18)9-5-6-16-7-9)8-10-3-2-4-11(14)12(10)15/h2-4,9,16H,5-8H2,1H3. The summed E-state index contributed by atoms with van der Waals surface area (Å²) < 4.78 is 0. The third-order valence-electron chi connectivity index (χ3n) is 3.22. The summed E-state index contributed by atoms with van der Waals surface area (Å²) >= 11 is 12.1. The molecule has 3 nitrogen and oxygen atoms in total. The Kier molecular flexibility index (Phi) is 4.49. The Hall–Kier alpha value is -0.770. The molecular formula is C13H16Cl2N2O. The molecule has 18 heavy (non-hydrogen) atoms. The quantitative estimate of drug-likeness (QED) is 0.926. The van der Waals surface area contributed by atoms with Gasteiger partial charge >= 0.3 is 0 Å². The molecule has 1 aromatic rings. The zero-order chi connectivity index (χ0) is 13.1. The zero-order valence-corrected chi connectivity index (χ0v) is 11.8. The Morgan fingerprint density at radius 2 is 2.28 bits per heavy atom. The van der Waals surface area contributed by atoms with E-state index in [2.05, 4.69) is 5.32 Å². The van der Waals surface area contributed by atoms with Crippen molar-refractivity contribution in [2.45, 2.75) is 13.0 Å². The first kappa shape index (κ1) is 13.7. The highest BCUT2D eigenvalue weighted by molar-refractivity contribution is 6.42. The van der Waals surface area contributed by atoms with Gasteiger partial charge < -0.3 is 10.2 Å². The van der Waals surface area contributed by atoms with Crippen LogP contribution in [0.1, 0.15) is 12.0 Å². The lowest BCUT2D eigenvalue weighted by Crippen LogP contribution is -2.33. The molecule has 1 heterocycles. The average Bonchev–Trinajstić information content (AvgIpc) is 2.87. The summed E-state index contributed by atoms with van der Waals surface area (Å²) in [6, 6.07) is 5.49. The number of benzene rings is 1. The number of nitrogens with zero attached hydrogens (tertiary/aromatic N) is 1. The highest BCUT2D eigenvalue weighted by atomic mass is 35.5. The van der Waals surface area contributed by atoms with E-state index in [0.717, 1.165) is 25.1 Å². The summed E-state index contributed by atoms with van der Waals surface area (Å²) in [5.41, 5.74) is 0.881. The van der Waals surface area contributed by atoms with Crippen molar-refractivity contribution in [3.63, 3.8) is 0 Å². The Morgan fingerprint density at radius 1 is 1.50 bits per heavy atom. The molecule has 1 atom stereocenters. The van der Waals surface area contributed by atoms with E-state index in [1.165, 1.54) is 0 Å². The number of rotatable bonds is 3. The van der Waals surface area contributed by atoms with Gasteiger partial charge in [0.1, 0.15) is 0 Å². The molecular weight excluding hydrogens is 271 g/mol. The van der Waals surface area contributed by atoms with Crippen LogP contribution in [0.25, 0.3) is 0 Å². The van der Waals surface area contributed by atoms with Gasteiger partial charge in [-0.1, -0.05) is 35.3 Å². The van der Waals surface area contributed by atoms with Crippen molar-refractivity contribution in [3.05, 3.63) is 33.8 Å². The van der Waals surface area contributed by atoms with Gasteiger partial charge in [0.25, 0.3) is 0 Å². The smallest absolute Gasteiger partial charge is 0.227 e. The van der Waals surface area contributed by atoms with Gasteiger partial charge in [0.15, 0.2) is 0 Å². The summed E-state index contributed by atoms with van der Waals surface area (Å²) in [6.45, 7) is 2.18. The number of hydrogen-bond acceptors (Lipinski definition) is 2. The SMILES string of the molecule is CN(Cc1cccc(Cl)c1Cl)C(=O)C1CCNC1. The molecule has 0 radical (unpaired) electrons. The largest absolute Gasteiger partial charge is 0.341 e. The van der Waals surface area contributed by atoms with Crippen LogP contribution >= 0.6 is 23.2 Å². The number of nitrogens with one attached hydrogen (secondary N) is 1. The second kappa shape index (κ2) is 5.91. The first-order valence-electron chi connectivity index (χ1n) is 5.98. The lowest BCUT2D eigenvalue weighted by molar-refractivity contribution is -0.134. The van der Waals surface area contributed by atoms with Crippen LogP contribution in [-0.4, -0.2) is 30.9 Å². The van der Waals surface area contributed by atoms with E-state index in [0.29, 0.717) is 16.6 Å². The van der Waals surface area contributed by atoms with Crippen molar-refractivity contribution in [2.75, 3.05) is 20.1 Å². The van der Waals surface area contributed by atoms with Crippen LogP contribution in [0.15, 0.2) is 18.2 Å². The van der Waals surface area contributed by atoms with Gasteiger partial charge in [0, 0.05) is 20.1 Å². The average molecular weight is 287 g/mol. The maximum atomic E-state index is 12.2. The van der Waals surface area contributed by atoms with Gasteiger partial charge in [0.05, 0.1) is 16.0 Å². The van der Waals surface area contributed by atoms with Crippen LogP contribution in [0, 0.1) is 5.92 Å². The summed E-state index contributed by atoms with van der Waals surface area (Å²) in [5, 5.41) is 4.25. The maximum Gasteiger partial charge on any atom is 0.227 e. The summed E-state index contributed by atoms with van der Waals surface area (Å²) in [6.07, 6.45) is 0.909. The predicted octanol–water partition coefficient (Wildman–Crippen LogP) is 2.56. The van der Waals surface area contributed by atoms with Crippen LogP contribution in [0.3, 0.4) is 0 Å². The summed E-state index contributed by atoms with van der Waals surface area (Å²) in [7, 11) is 1.80. The van der Waals surface area contributed by atoms with Crippen molar-refractivity contribution in [3.8, 4) is 0 Å². The van der Waals surface area contributed by atoms with Crippen molar-refractivity contribution in [2.24, 2.45) is 5.92 Å². The fourth-order valence-electron chi connectivity index (χ4n) is 2.18. The van der Waals surface area contributed by atoms with E-state index in [9.17, 15) is 4.79 Å². The summed E-state index contributed by atoms with van der Waals surface area (Å²) in [5.74, 6) is 0.254. The molecule has 1 aliphatic rings. The van der Waals surface area contributed by atoms with Gasteiger partial charge in [-0.3, -0.25) is 4.79 Å². The molecule has 1 unspecified atom stereocenters. The van der Waals surface area contributed by atoms with E-state index in [1.54, 1.807) is 18.0 Å². The molecule has 0 bridgehead atoms. The molecule has 1 N–H and O–H groups in total. The number of carbonyl (C=O) groups excluding carboxylic acids is 1. The fourth-order valence-corrected chi connectivity index (χ4v) is 2.56. The van der Waals surface area contributed by atoms with Crippen LogP contribution in [-0.2, 0) is 11.3 Å². The zero-order valence-electron chi connectivity index (χ0n) is 10.2. The van der Waals surface area contributed by atoms with Crippen LogP contribution < -0.4 is 5.32 Å². The minimum atomic E-state index is 0.0907. The number of hydrogen-bond donors (Lipinski definition) is 1. The number of carbonyl (C=O) groups is 1. The molecule has 0 saturated carbocycles. The van der Waals surface area contributed by atoms with E-state index < -0.39 is 0 Å². The summed E-state index contributed by atoms with van der Waals surface area (Å²) in [4.78, 5) is 13.9. The Balaban J connectivity index is 2.04. The minimum absolute atomic E-state index is 0.0907. The Labute approximate surface area is 117 Å². The lowest BCUT2D eigenvalue weighted by atomic mass is 10.1.